The molecule has 1 heterocycles. The molecule has 0 aromatic heterocycles. The highest BCUT2D eigenvalue weighted by Crippen LogP contribution is 2.33. The summed E-state index contributed by atoms with van der Waals surface area (Å²) < 4.78 is 6.38. The van der Waals surface area contributed by atoms with Crippen LogP contribution in [0.5, 0.6) is 5.75 Å². The molecule has 124 valence electrons. The predicted octanol–water partition coefficient (Wildman–Crippen LogP) is 3.51. The SMILES string of the molecule is Cc1ccc(NC(=O)CN2C(=O)C(C)Oc3ccccc32)c(Br)c1. The highest BCUT2D eigenvalue weighted by atomic mass is 79.9. The van der Waals surface area contributed by atoms with Crippen molar-refractivity contribution in [2.24, 2.45) is 0 Å². The molecule has 0 fully saturated rings. The molecule has 1 atom stereocenters. The van der Waals surface area contributed by atoms with Crippen molar-refractivity contribution in [3.63, 3.8) is 0 Å². The summed E-state index contributed by atoms with van der Waals surface area (Å²) >= 11 is 3.43. The van der Waals surface area contributed by atoms with Gasteiger partial charge in [-0.2, -0.15) is 0 Å². The Balaban J connectivity index is 1.79. The molecule has 0 bridgehead atoms. The topological polar surface area (TPSA) is 58.6 Å². The van der Waals surface area contributed by atoms with E-state index in [2.05, 4.69) is 21.2 Å². The zero-order valence-corrected chi connectivity index (χ0v) is 15.0. The summed E-state index contributed by atoms with van der Waals surface area (Å²) in [5, 5.41) is 2.83. The molecule has 0 saturated heterocycles. The number of amides is 2. The van der Waals surface area contributed by atoms with Crippen LogP contribution in [0.25, 0.3) is 0 Å². The second kappa shape index (κ2) is 6.65. The maximum atomic E-state index is 12.4. The third kappa shape index (κ3) is 3.28. The van der Waals surface area contributed by atoms with Crippen LogP contribution in [0.1, 0.15) is 12.5 Å². The lowest BCUT2D eigenvalue weighted by atomic mass is 10.2. The minimum absolute atomic E-state index is 0.0656. The summed E-state index contributed by atoms with van der Waals surface area (Å²) in [7, 11) is 0. The first-order valence-corrected chi connectivity index (χ1v) is 8.38. The molecule has 0 saturated carbocycles. The molecule has 3 rings (SSSR count). The van der Waals surface area contributed by atoms with Crippen molar-refractivity contribution in [2.45, 2.75) is 20.0 Å². The Hall–Kier alpha value is -2.34. The van der Waals surface area contributed by atoms with Crippen molar-refractivity contribution in [1.82, 2.24) is 0 Å². The Morgan fingerprint density at radius 3 is 2.79 bits per heavy atom. The largest absolute Gasteiger partial charge is 0.479 e. The van der Waals surface area contributed by atoms with Crippen molar-refractivity contribution in [3.8, 4) is 5.75 Å². The number of hydrogen-bond donors (Lipinski definition) is 1. The number of hydrogen-bond acceptors (Lipinski definition) is 3. The summed E-state index contributed by atoms with van der Waals surface area (Å²) in [5.74, 6) is 0.109. The van der Waals surface area contributed by atoms with E-state index < -0.39 is 6.10 Å². The van der Waals surface area contributed by atoms with Crippen molar-refractivity contribution in [3.05, 3.63) is 52.5 Å². The van der Waals surface area contributed by atoms with E-state index in [-0.39, 0.29) is 18.4 Å². The molecular formula is C18H17BrN2O3. The summed E-state index contributed by atoms with van der Waals surface area (Å²) in [6, 6.07) is 12.9. The van der Waals surface area contributed by atoms with Gasteiger partial charge in [0.05, 0.1) is 11.4 Å². The molecule has 2 aromatic carbocycles. The molecule has 2 amide bonds. The number of para-hydroxylation sites is 2. The molecule has 1 aliphatic rings. The molecule has 2 aromatic rings. The third-order valence-electron chi connectivity index (χ3n) is 3.77. The van der Waals surface area contributed by atoms with Gasteiger partial charge in [0.2, 0.25) is 5.91 Å². The second-order valence-corrected chi connectivity index (χ2v) is 6.54. The lowest BCUT2D eigenvalue weighted by Gasteiger charge is -2.32. The number of rotatable bonds is 3. The Kier molecular flexibility index (Phi) is 4.57. The number of ether oxygens (including phenoxy) is 1. The van der Waals surface area contributed by atoms with E-state index in [1.165, 1.54) is 4.90 Å². The molecule has 1 unspecified atom stereocenters. The molecule has 6 heteroatoms. The van der Waals surface area contributed by atoms with Gasteiger partial charge >= 0.3 is 0 Å². The van der Waals surface area contributed by atoms with E-state index in [9.17, 15) is 9.59 Å². The van der Waals surface area contributed by atoms with Crippen LogP contribution in [0.3, 0.4) is 0 Å². The van der Waals surface area contributed by atoms with E-state index >= 15 is 0 Å². The first-order chi connectivity index (χ1) is 11.5. The molecule has 1 aliphatic heterocycles. The lowest BCUT2D eigenvalue weighted by Crippen LogP contribution is -2.47. The van der Waals surface area contributed by atoms with Crippen LogP contribution < -0.4 is 15.0 Å². The van der Waals surface area contributed by atoms with Gasteiger partial charge in [0, 0.05) is 4.47 Å². The van der Waals surface area contributed by atoms with E-state index in [1.54, 1.807) is 19.1 Å². The summed E-state index contributed by atoms with van der Waals surface area (Å²) in [6.07, 6.45) is -0.612. The fourth-order valence-electron chi connectivity index (χ4n) is 2.58. The molecule has 5 nitrogen and oxygen atoms in total. The van der Waals surface area contributed by atoms with Gasteiger partial charge in [-0.3, -0.25) is 14.5 Å². The summed E-state index contributed by atoms with van der Waals surface area (Å²) in [6.45, 7) is 3.59. The molecule has 0 spiro atoms. The van der Waals surface area contributed by atoms with Crippen LogP contribution in [0, 0.1) is 6.92 Å². The summed E-state index contributed by atoms with van der Waals surface area (Å²) in [4.78, 5) is 26.3. The monoisotopic (exact) mass is 388 g/mol. The molecule has 1 N–H and O–H groups in total. The highest BCUT2D eigenvalue weighted by Gasteiger charge is 2.32. The molecule has 24 heavy (non-hydrogen) atoms. The first-order valence-electron chi connectivity index (χ1n) is 7.59. The fourth-order valence-corrected chi connectivity index (χ4v) is 3.17. The number of nitrogens with one attached hydrogen (secondary N) is 1. The Morgan fingerprint density at radius 1 is 1.29 bits per heavy atom. The molecule has 0 radical (unpaired) electrons. The number of benzene rings is 2. The predicted molar refractivity (Wildman–Crippen MR) is 96.4 cm³/mol. The first kappa shape index (κ1) is 16.5. The Bertz CT molecular complexity index is 807. The van der Waals surface area contributed by atoms with Gasteiger partial charge in [-0.1, -0.05) is 18.2 Å². The smallest absolute Gasteiger partial charge is 0.268 e. The zero-order chi connectivity index (χ0) is 17.3. The standard InChI is InChI=1S/C18H17BrN2O3/c1-11-7-8-14(13(19)9-11)20-17(22)10-21-15-5-3-4-6-16(15)24-12(2)18(21)23/h3-9,12H,10H2,1-2H3,(H,20,22). The van der Waals surface area contributed by atoms with Crippen LogP contribution in [0.15, 0.2) is 46.9 Å². The second-order valence-electron chi connectivity index (χ2n) is 5.68. The van der Waals surface area contributed by atoms with Gasteiger partial charge in [0.15, 0.2) is 6.10 Å². The van der Waals surface area contributed by atoms with E-state index in [1.807, 2.05) is 37.3 Å². The maximum Gasteiger partial charge on any atom is 0.268 e. The quantitative estimate of drug-likeness (QED) is 0.874. The Morgan fingerprint density at radius 2 is 2.04 bits per heavy atom. The van der Waals surface area contributed by atoms with Gasteiger partial charge in [0.25, 0.3) is 5.91 Å². The Labute approximate surface area is 148 Å². The van der Waals surface area contributed by atoms with Gasteiger partial charge in [-0.25, -0.2) is 0 Å². The van der Waals surface area contributed by atoms with Gasteiger partial charge in [-0.05, 0) is 59.6 Å². The number of halogens is 1. The number of anilines is 2. The van der Waals surface area contributed by atoms with Crippen molar-refractivity contribution in [2.75, 3.05) is 16.8 Å². The third-order valence-corrected chi connectivity index (χ3v) is 4.43. The van der Waals surface area contributed by atoms with Crippen LogP contribution in [-0.2, 0) is 9.59 Å². The van der Waals surface area contributed by atoms with Crippen molar-refractivity contribution in [1.29, 1.82) is 0 Å². The number of aryl methyl sites for hydroxylation is 1. The highest BCUT2D eigenvalue weighted by molar-refractivity contribution is 9.10. The van der Waals surface area contributed by atoms with Crippen LogP contribution >= 0.6 is 15.9 Å². The number of carbonyl (C=O) groups is 2. The zero-order valence-electron chi connectivity index (χ0n) is 13.4. The van der Waals surface area contributed by atoms with Gasteiger partial charge in [-0.15, -0.1) is 0 Å². The van der Waals surface area contributed by atoms with Crippen LogP contribution in [-0.4, -0.2) is 24.5 Å². The van der Waals surface area contributed by atoms with Gasteiger partial charge < -0.3 is 10.1 Å². The molecular weight excluding hydrogens is 372 g/mol. The van der Waals surface area contributed by atoms with E-state index in [0.29, 0.717) is 17.1 Å². The average molecular weight is 389 g/mol. The van der Waals surface area contributed by atoms with Gasteiger partial charge in [0.1, 0.15) is 12.3 Å². The number of fused-ring (bicyclic) bond motifs is 1. The van der Waals surface area contributed by atoms with E-state index in [4.69, 9.17) is 4.74 Å². The number of nitrogens with zero attached hydrogens (tertiary/aromatic N) is 1. The number of carbonyl (C=O) groups excluding carboxylic acids is 2. The fraction of sp³-hybridized carbons (Fsp3) is 0.222. The minimum atomic E-state index is -0.612. The lowest BCUT2D eigenvalue weighted by molar-refractivity contribution is -0.127. The summed E-state index contributed by atoms with van der Waals surface area (Å²) in [5.41, 5.74) is 2.37. The van der Waals surface area contributed by atoms with E-state index in [0.717, 1.165) is 10.0 Å². The minimum Gasteiger partial charge on any atom is -0.479 e. The van der Waals surface area contributed by atoms with Crippen molar-refractivity contribution >= 4 is 39.1 Å². The van der Waals surface area contributed by atoms with Crippen LogP contribution in [0.4, 0.5) is 11.4 Å². The molecule has 0 aliphatic carbocycles. The maximum absolute atomic E-state index is 12.4. The van der Waals surface area contributed by atoms with Crippen molar-refractivity contribution < 1.29 is 14.3 Å². The normalized spacial score (nSPS) is 16.4. The van der Waals surface area contributed by atoms with Crippen LogP contribution in [0.2, 0.25) is 0 Å². The average Bonchev–Trinajstić information content (AvgIpc) is 2.54.